The van der Waals surface area contributed by atoms with E-state index in [1.54, 1.807) is 61.7 Å². The molecule has 18 heteroatoms. The van der Waals surface area contributed by atoms with Gasteiger partial charge in [0, 0.05) is 55.3 Å². The minimum absolute atomic E-state index is 0.0196. The molecule has 1 aliphatic carbocycles. The molecule has 0 bridgehead atoms. The number of hydrogen-bond acceptors (Lipinski definition) is 16. The average Bonchev–Trinajstić information content (AvgIpc) is 1.54. The fraction of sp³-hybridized carbons (Fsp3) is 0.100. The molecule has 17 rings (SSSR count). The molecule has 0 spiro atoms. The SMILES string of the molecule is COc1ccc(C(C)(C)c2cccc(C(C)(C)c3ccc(Oc4ccc(C(=O)c5ccc(-c6ccc(C)cc6C(=O)c6ccc(Oc7ncc(S(=O)(=O)O)cc7SOOO)cc6)cc5)cc4)cc3)c2)cc1.Cc1ccc(C(=O)c2ccc(Oc3ccc(C4(c5ccc(Oc6ccc(C(=O)c7ccc(C)cc7)cc6)cc5)c5ccccc5-c5ccccc54)cc3)cc2)cc1. The molecule has 0 unspecified atom stereocenters. The van der Waals surface area contributed by atoms with E-state index >= 15 is 0 Å². The maximum Gasteiger partial charge on any atom is 0.296 e. The monoisotopic (exact) mass is 1730 g/mol. The summed E-state index contributed by atoms with van der Waals surface area (Å²) in [7, 11) is -2.93. The van der Waals surface area contributed by atoms with Crippen LogP contribution in [-0.4, -0.2) is 53.5 Å². The van der Waals surface area contributed by atoms with Crippen molar-refractivity contribution in [2.24, 2.45) is 0 Å². The largest absolute Gasteiger partial charge is 0.497 e. The van der Waals surface area contributed by atoms with Crippen LogP contribution in [0.25, 0.3) is 22.3 Å². The van der Waals surface area contributed by atoms with Crippen LogP contribution in [0, 0.1) is 20.8 Å². The standard InChI is InChI=1S/C57H49NO11S2.C53H38O4/c1-36-10-31-50(51(32-36)54(60)40-17-25-48(26-18-40)67-55-52(70-69-68-61)34-49(35-58-55)71(62,63)64)37-11-13-38(14-12-37)53(59)39-15-23-46(24-16-39)66-47-29-21-42(22-30-47)57(4,5)44-9-7-8-43(33-44)56(2,3)41-19-27-45(65-6)28-20-41;1-35-11-15-37(16-12-35)51(54)39-19-27-43(28-20-39)56-45-31-23-41(24-32-45)53(49-9-5-3-7-47(49)48-8-4-6-10-50(48)53)42-25-33-46(34-26-42)57-44-29-21-40(22-30-44)52(55)38-17-13-36(2)14-18-38/h7-35,61H,1-6H3,(H,62,63,64);3-34H,1-2H3. The van der Waals surface area contributed by atoms with Gasteiger partial charge in [-0.15, -0.1) is 4.33 Å². The molecule has 0 fully saturated rings. The number of fused-ring (bicyclic) bond motifs is 3. The van der Waals surface area contributed by atoms with E-state index in [1.807, 2.05) is 191 Å². The van der Waals surface area contributed by atoms with Crippen LogP contribution in [-0.2, 0) is 35.7 Å². The van der Waals surface area contributed by atoms with E-state index in [9.17, 15) is 32.1 Å². The second-order valence-corrected chi connectivity index (χ2v) is 34.5. The van der Waals surface area contributed by atoms with E-state index in [4.69, 9.17) is 28.9 Å². The summed E-state index contributed by atoms with van der Waals surface area (Å²) in [5.74, 6) is 4.43. The van der Waals surface area contributed by atoms with E-state index in [0.29, 0.717) is 96.6 Å². The number of ketones is 4. The van der Waals surface area contributed by atoms with Crippen molar-refractivity contribution < 1.29 is 70.5 Å². The molecule has 0 radical (unpaired) electrons. The number of rotatable bonds is 28. The van der Waals surface area contributed by atoms with Gasteiger partial charge in [0.2, 0.25) is 5.88 Å². The zero-order valence-electron chi connectivity index (χ0n) is 71.2. The molecular weight excluding hydrogens is 1640 g/mol. The third-order valence-corrected chi connectivity index (χ3v) is 24.8. The Balaban J connectivity index is 0.000000192. The van der Waals surface area contributed by atoms with Crippen molar-refractivity contribution >= 4 is 45.3 Å². The second-order valence-electron chi connectivity index (χ2n) is 32.3. The molecule has 16 aromatic rings. The van der Waals surface area contributed by atoms with Crippen LogP contribution in [0.1, 0.15) is 153 Å². The maximum atomic E-state index is 14.0. The van der Waals surface area contributed by atoms with Crippen molar-refractivity contribution in [2.45, 2.75) is 74.5 Å². The molecule has 0 saturated heterocycles. The van der Waals surface area contributed by atoms with E-state index in [1.165, 1.54) is 51.1 Å². The number of carbonyl (C=O) groups is 4. The van der Waals surface area contributed by atoms with Crippen molar-refractivity contribution in [3.05, 3.63) is 476 Å². The Kier molecular flexibility index (Phi) is 25.2. The van der Waals surface area contributed by atoms with Gasteiger partial charge in [-0.1, -0.05) is 256 Å². The van der Waals surface area contributed by atoms with Gasteiger partial charge in [0.05, 0.1) is 30.8 Å². The molecule has 16 nitrogen and oxygen atoms in total. The van der Waals surface area contributed by atoms with Gasteiger partial charge in [0.25, 0.3) is 10.1 Å². The summed E-state index contributed by atoms with van der Waals surface area (Å²) in [4.78, 5) is 57.1. The first-order chi connectivity index (χ1) is 61.8. The first-order valence-electron chi connectivity index (χ1n) is 41.3. The summed E-state index contributed by atoms with van der Waals surface area (Å²) in [5, 5.41) is 12.2. The smallest absolute Gasteiger partial charge is 0.296 e. The summed E-state index contributed by atoms with van der Waals surface area (Å²) in [6.45, 7) is 14.8. The molecule has 0 saturated carbocycles. The van der Waals surface area contributed by atoms with Crippen molar-refractivity contribution in [1.82, 2.24) is 4.98 Å². The lowest BCUT2D eigenvalue weighted by molar-refractivity contribution is -0.432. The highest BCUT2D eigenvalue weighted by molar-refractivity contribution is 7.94. The minimum Gasteiger partial charge on any atom is -0.497 e. The molecule has 0 amide bonds. The lowest BCUT2D eigenvalue weighted by Gasteiger charge is -2.34. The topological polar surface area (TPSA) is 220 Å². The number of nitrogens with zero attached hydrogens (tertiary/aromatic N) is 1. The van der Waals surface area contributed by atoms with Gasteiger partial charge in [0.15, 0.2) is 23.1 Å². The Morgan fingerprint density at radius 2 is 0.695 bits per heavy atom. The number of pyridine rings is 1. The van der Waals surface area contributed by atoms with E-state index in [0.717, 1.165) is 57.0 Å². The predicted molar refractivity (Wildman–Crippen MR) is 497 cm³/mol. The van der Waals surface area contributed by atoms with Crippen molar-refractivity contribution in [2.75, 3.05) is 7.11 Å². The Labute approximate surface area is 747 Å². The molecule has 2 N–H and O–H groups in total. The Morgan fingerprint density at radius 1 is 0.352 bits per heavy atom. The predicted octanol–water partition coefficient (Wildman–Crippen LogP) is 26.2. The Hall–Kier alpha value is -14.7. The summed E-state index contributed by atoms with van der Waals surface area (Å²) < 4.78 is 67.1. The van der Waals surface area contributed by atoms with Crippen LogP contribution >= 0.6 is 12.0 Å². The van der Waals surface area contributed by atoms with Crippen molar-refractivity contribution in [1.29, 1.82) is 0 Å². The van der Waals surface area contributed by atoms with Crippen LogP contribution in [0.3, 0.4) is 0 Å². The molecule has 1 aromatic heterocycles. The molecule has 1 aliphatic rings. The molecule has 0 aliphatic heterocycles. The lowest BCUT2D eigenvalue weighted by atomic mass is 9.68. The normalized spacial score (nSPS) is 12.0. The lowest BCUT2D eigenvalue weighted by Crippen LogP contribution is -2.28. The van der Waals surface area contributed by atoms with Crippen LogP contribution < -0.4 is 23.7 Å². The van der Waals surface area contributed by atoms with Crippen molar-refractivity contribution in [3.63, 3.8) is 0 Å². The zero-order chi connectivity index (χ0) is 89.4. The molecule has 128 heavy (non-hydrogen) atoms. The van der Waals surface area contributed by atoms with Gasteiger partial charge >= 0.3 is 0 Å². The second kappa shape index (κ2) is 37.2. The molecular formula is C110H87NO15S2. The Morgan fingerprint density at radius 3 is 1.09 bits per heavy atom. The van der Waals surface area contributed by atoms with Gasteiger partial charge in [-0.05, 0) is 245 Å². The number of hydrogen-bond donors (Lipinski definition) is 2. The first kappa shape index (κ1) is 86.8. The van der Waals surface area contributed by atoms with E-state index < -0.39 is 20.4 Å². The highest BCUT2D eigenvalue weighted by Crippen LogP contribution is 2.57. The third kappa shape index (κ3) is 18.7. The summed E-state index contributed by atoms with van der Waals surface area (Å²) in [6, 6.07) is 116. The number of methoxy groups -OCH3 is 1. The van der Waals surface area contributed by atoms with Crippen LogP contribution in [0.5, 0.6) is 51.9 Å². The van der Waals surface area contributed by atoms with Gasteiger partial charge in [-0.2, -0.15) is 8.42 Å². The average molecular weight is 1730 g/mol. The number of aryl methyl sites for hydroxylation is 3. The summed E-state index contributed by atoms with van der Waals surface area (Å²) >= 11 is 0.391. The van der Waals surface area contributed by atoms with E-state index in [2.05, 4.69) is 163 Å². The van der Waals surface area contributed by atoms with Gasteiger partial charge in [-0.3, -0.25) is 23.7 Å². The highest BCUT2D eigenvalue weighted by Gasteiger charge is 2.46. The minimum atomic E-state index is -4.60. The van der Waals surface area contributed by atoms with Crippen LogP contribution in [0.4, 0.5) is 0 Å². The van der Waals surface area contributed by atoms with Crippen molar-refractivity contribution in [3.8, 4) is 74.1 Å². The fourth-order valence-corrected chi connectivity index (χ4v) is 17.0. The molecule has 15 aromatic carbocycles. The van der Waals surface area contributed by atoms with Crippen LogP contribution in [0.15, 0.2) is 380 Å². The quantitative estimate of drug-likeness (QED) is 0.0153. The van der Waals surface area contributed by atoms with E-state index in [-0.39, 0.29) is 50.5 Å². The fourth-order valence-electron chi connectivity index (χ4n) is 16.1. The number of ether oxygens (including phenoxy) is 5. The number of aromatic nitrogens is 1. The summed E-state index contributed by atoms with van der Waals surface area (Å²) in [6.07, 6.45) is 0.886. The Bertz CT molecular complexity index is 6690. The molecule has 1 heterocycles. The summed E-state index contributed by atoms with van der Waals surface area (Å²) in [5.41, 5.74) is 19.5. The first-order valence-corrected chi connectivity index (χ1v) is 43.5. The number of benzene rings is 15. The van der Waals surface area contributed by atoms with Gasteiger partial charge in [0.1, 0.15) is 55.8 Å². The van der Waals surface area contributed by atoms with Gasteiger partial charge in [-0.25, -0.2) is 10.2 Å². The number of carbonyl (C=O) groups excluding carboxylic acids is 4. The third-order valence-electron chi connectivity index (χ3n) is 23.4. The maximum absolute atomic E-state index is 14.0. The van der Waals surface area contributed by atoms with Crippen LogP contribution in [0.2, 0.25) is 0 Å². The highest BCUT2D eigenvalue weighted by atomic mass is 32.2. The molecule has 634 valence electrons. The zero-order valence-corrected chi connectivity index (χ0v) is 72.8. The van der Waals surface area contributed by atoms with Gasteiger partial charge < -0.3 is 23.7 Å². The molecule has 0 atom stereocenters.